The van der Waals surface area contributed by atoms with Gasteiger partial charge in [0.25, 0.3) is 5.91 Å². The van der Waals surface area contributed by atoms with Gasteiger partial charge in [0, 0.05) is 29.4 Å². The highest BCUT2D eigenvalue weighted by Gasteiger charge is 2.23. The minimum Gasteiger partial charge on any atom is -0.463 e. The van der Waals surface area contributed by atoms with E-state index in [-0.39, 0.29) is 11.9 Å². The summed E-state index contributed by atoms with van der Waals surface area (Å²) in [6, 6.07) is 14.9. The Labute approximate surface area is 166 Å². The number of ether oxygens (including phenoxy) is 1. The van der Waals surface area contributed by atoms with Gasteiger partial charge in [-0.1, -0.05) is 12.1 Å². The molecular weight excluding hydrogens is 368 g/mol. The summed E-state index contributed by atoms with van der Waals surface area (Å²) in [5, 5.41) is 3.66. The third kappa shape index (κ3) is 3.62. The molecule has 2 heterocycles. The average Bonchev–Trinajstić information content (AvgIpc) is 3.48. The van der Waals surface area contributed by atoms with E-state index in [4.69, 9.17) is 14.9 Å². The number of fused-ring (bicyclic) bond motifs is 1. The van der Waals surface area contributed by atoms with Crippen LogP contribution in [0, 0.1) is 0 Å². The zero-order valence-electron chi connectivity index (χ0n) is 15.5. The maximum Gasteiger partial charge on any atom is 0.259 e. The molecule has 4 aromatic rings. The van der Waals surface area contributed by atoms with Gasteiger partial charge in [0.1, 0.15) is 17.6 Å². The van der Waals surface area contributed by atoms with E-state index in [1.54, 1.807) is 24.3 Å². The van der Waals surface area contributed by atoms with Crippen LogP contribution in [-0.2, 0) is 0 Å². The molecule has 0 aliphatic heterocycles. The normalized spacial score (nSPS) is 13.4. The van der Waals surface area contributed by atoms with E-state index < -0.39 is 0 Å². The van der Waals surface area contributed by atoms with Gasteiger partial charge in [0.05, 0.1) is 5.56 Å². The number of hydrogen-bond donors (Lipinski definition) is 2. The summed E-state index contributed by atoms with van der Waals surface area (Å²) in [6.45, 7) is 0. The predicted molar refractivity (Wildman–Crippen MR) is 109 cm³/mol. The first kappa shape index (κ1) is 17.2. The Kier molecular flexibility index (Phi) is 4.13. The van der Waals surface area contributed by atoms with E-state index in [0.717, 1.165) is 5.69 Å². The Morgan fingerprint density at radius 3 is 2.90 bits per heavy atom. The Bertz CT molecular complexity index is 1210. The number of benzene rings is 2. The third-order valence-electron chi connectivity index (χ3n) is 4.86. The van der Waals surface area contributed by atoms with Crippen LogP contribution in [0.5, 0.6) is 11.6 Å². The number of carbonyl (C=O) groups excluding carboxylic acids is 1. The number of anilines is 2. The minimum atomic E-state index is -0.214. The lowest BCUT2D eigenvalue weighted by Crippen LogP contribution is -2.11. The molecule has 1 aliphatic rings. The molecule has 0 saturated heterocycles. The van der Waals surface area contributed by atoms with Crippen LogP contribution in [-0.4, -0.2) is 15.9 Å². The molecule has 0 atom stereocenters. The lowest BCUT2D eigenvalue weighted by molar-refractivity contribution is 0.102. The quantitative estimate of drug-likeness (QED) is 0.514. The van der Waals surface area contributed by atoms with Crippen LogP contribution in [0.1, 0.15) is 34.7 Å². The van der Waals surface area contributed by atoms with Crippen LogP contribution in [0.3, 0.4) is 0 Å². The third-order valence-corrected chi connectivity index (χ3v) is 4.86. The Balaban J connectivity index is 1.36. The van der Waals surface area contributed by atoms with Gasteiger partial charge in [0.15, 0.2) is 0 Å². The van der Waals surface area contributed by atoms with E-state index in [9.17, 15) is 4.79 Å². The number of aromatic nitrogens is 2. The standard InChI is InChI=1S/C22H18N4O3/c23-22-24-9-8-20(26-22)29-16-6-7-17-18(12-28-19(17)11-16)21(27)25-15-3-1-2-14(10-15)13-4-5-13/h1-3,6-13H,4-5H2,(H,25,27)(H2,23,24,26). The molecule has 5 rings (SSSR count). The van der Waals surface area contributed by atoms with Crippen molar-refractivity contribution >= 4 is 28.5 Å². The number of carbonyl (C=O) groups is 1. The van der Waals surface area contributed by atoms with Gasteiger partial charge in [-0.2, -0.15) is 4.98 Å². The number of rotatable bonds is 5. The molecule has 0 bridgehead atoms. The van der Waals surface area contributed by atoms with E-state index in [1.807, 2.05) is 18.2 Å². The summed E-state index contributed by atoms with van der Waals surface area (Å²) in [5.74, 6) is 1.40. The van der Waals surface area contributed by atoms with Crippen molar-refractivity contribution in [2.45, 2.75) is 18.8 Å². The van der Waals surface area contributed by atoms with E-state index in [2.05, 4.69) is 21.4 Å². The highest BCUT2D eigenvalue weighted by atomic mass is 16.5. The fourth-order valence-electron chi connectivity index (χ4n) is 3.27. The summed E-state index contributed by atoms with van der Waals surface area (Å²) < 4.78 is 11.3. The highest BCUT2D eigenvalue weighted by Crippen LogP contribution is 2.40. The average molecular weight is 386 g/mol. The van der Waals surface area contributed by atoms with Crippen LogP contribution in [0.2, 0.25) is 0 Å². The van der Waals surface area contributed by atoms with Crippen molar-refractivity contribution in [1.82, 2.24) is 9.97 Å². The molecule has 1 amide bonds. The van der Waals surface area contributed by atoms with Crippen LogP contribution < -0.4 is 15.8 Å². The van der Waals surface area contributed by atoms with E-state index in [1.165, 1.54) is 30.9 Å². The van der Waals surface area contributed by atoms with Gasteiger partial charge in [-0.15, -0.1) is 0 Å². The second-order valence-corrected chi connectivity index (χ2v) is 7.02. The first-order valence-electron chi connectivity index (χ1n) is 9.35. The summed E-state index contributed by atoms with van der Waals surface area (Å²) in [6.07, 6.45) is 5.41. The lowest BCUT2D eigenvalue weighted by atomic mass is 10.1. The van der Waals surface area contributed by atoms with Crippen molar-refractivity contribution in [1.29, 1.82) is 0 Å². The smallest absolute Gasteiger partial charge is 0.259 e. The number of nitrogens with two attached hydrogens (primary N) is 1. The van der Waals surface area contributed by atoms with Crippen molar-refractivity contribution < 1.29 is 13.9 Å². The SMILES string of the molecule is Nc1nccc(Oc2ccc3c(C(=O)Nc4cccc(C5CC5)c4)coc3c2)n1. The van der Waals surface area contributed by atoms with Gasteiger partial charge in [0.2, 0.25) is 11.8 Å². The van der Waals surface area contributed by atoms with Crippen LogP contribution in [0.25, 0.3) is 11.0 Å². The highest BCUT2D eigenvalue weighted by molar-refractivity contribution is 6.12. The minimum absolute atomic E-state index is 0.131. The number of nitrogens with zero attached hydrogens (tertiary/aromatic N) is 2. The molecule has 1 saturated carbocycles. The van der Waals surface area contributed by atoms with Crippen molar-refractivity contribution in [2.75, 3.05) is 11.1 Å². The summed E-state index contributed by atoms with van der Waals surface area (Å²) >= 11 is 0. The largest absolute Gasteiger partial charge is 0.463 e. The molecule has 1 fully saturated rings. The molecule has 0 spiro atoms. The zero-order valence-corrected chi connectivity index (χ0v) is 15.5. The molecular formula is C22H18N4O3. The predicted octanol–water partition coefficient (Wildman–Crippen LogP) is 4.73. The van der Waals surface area contributed by atoms with Gasteiger partial charge in [-0.05, 0) is 48.6 Å². The maximum atomic E-state index is 12.8. The number of hydrogen-bond acceptors (Lipinski definition) is 6. The van der Waals surface area contributed by atoms with E-state index >= 15 is 0 Å². The Hall–Kier alpha value is -3.87. The summed E-state index contributed by atoms with van der Waals surface area (Å²) in [5.41, 5.74) is 8.63. The zero-order chi connectivity index (χ0) is 19.8. The second kappa shape index (κ2) is 6.94. The number of furan rings is 1. The van der Waals surface area contributed by atoms with Crippen LogP contribution in [0.15, 0.2) is 65.4 Å². The van der Waals surface area contributed by atoms with Gasteiger partial charge < -0.3 is 20.2 Å². The Morgan fingerprint density at radius 2 is 2.07 bits per heavy atom. The van der Waals surface area contributed by atoms with Crippen molar-refractivity contribution in [2.24, 2.45) is 0 Å². The van der Waals surface area contributed by atoms with Gasteiger partial charge in [-0.3, -0.25) is 4.79 Å². The van der Waals surface area contributed by atoms with Crippen molar-refractivity contribution in [3.63, 3.8) is 0 Å². The number of nitrogens with one attached hydrogen (secondary N) is 1. The fourth-order valence-corrected chi connectivity index (χ4v) is 3.27. The molecule has 144 valence electrons. The lowest BCUT2D eigenvalue weighted by Gasteiger charge is -2.07. The van der Waals surface area contributed by atoms with Crippen LogP contribution in [0.4, 0.5) is 11.6 Å². The summed E-state index contributed by atoms with van der Waals surface area (Å²) in [7, 11) is 0. The fraction of sp³-hybridized carbons (Fsp3) is 0.136. The first-order valence-corrected chi connectivity index (χ1v) is 9.35. The van der Waals surface area contributed by atoms with Gasteiger partial charge in [-0.25, -0.2) is 4.98 Å². The molecule has 2 aromatic heterocycles. The molecule has 2 aromatic carbocycles. The maximum absolute atomic E-state index is 12.8. The van der Waals surface area contributed by atoms with Gasteiger partial charge >= 0.3 is 0 Å². The molecule has 0 unspecified atom stereocenters. The first-order chi connectivity index (χ1) is 14.2. The molecule has 29 heavy (non-hydrogen) atoms. The summed E-state index contributed by atoms with van der Waals surface area (Å²) in [4.78, 5) is 20.6. The van der Waals surface area contributed by atoms with E-state index in [0.29, 0.717) is 34.1 Å². The molecule has 1 aliphatic carbocycles. The van der Waals surface area contributed by atoms with Crippen molar-refractivity contribution in [3.8, 4) is 11.6 Å². The molecule has 7 nitrogen and oxygen atoms in total. The molecule has 7 heteroatoms. The van der Waals surface area contributed by atoms with Crippen molar-refractivity contribution in [3.05, 3.63) is 72.1 Å². The molecule has 0 radical (unpaired) electrons. The topological polar surface area (TPSA) is 103 Å². The Morgan fingerprint density at radius 1 is 1.17 bits per heavy atom. The molecule has 3 N–H and O–H groups in total. The second-order valence-electron chi connectivity index (χ2n) is 7.02. The number of amides is 1. The monoisotopic (exact) mass is 386 g/mol. The number of nitrogen functional groups attached to an aromatic ring is 1. The van der Waals surface area contributed by atoms with Crippen LogP contribution >= 0.6 is 0 Å².